The Balaban J connectivity index is 2.96. The van der Waals surface area contributed by atoms with Crippen molar-refractivity contribution in [3.63, 3.8) is 0 Å². The summed E-state index contributed by atoms with van der Waals surface area (Å²) in [4.78, 5) is 8.16. The van der Waals surface area contributed by atoms with Gasteiger partial charge in [0.25, 0.3) is 0 Å². The predicted molar refractivity (Wildman–Crippen MR) is 47.2 cm³/mol. The normalized spacial score (nSPS) is 13.0. The molecular weight excluding hydrogens is 176 g/mol. The maximum absolute atomic E-state index is 5.81. The van der Waals surface area contributed by atoms with E-state index in [1.165, 1.54) is 0 Å². The van der Waals surface area contributed by atoms with Crippen molar-refractivity contribution in [2.75, 3.05) is 7.11 Å². The summed E-state index contributed by atoms with van der Waals surface area (Å²) in [6.45, 7) is 3.74. The Bertz CT molecular complexity index is 278. The second-order valence-electron chi connectivity index (χ2n) is 2.58. The largest absolute Gasteiger partial charge is 0.374 e. The molecule has 0 fully saturated rings. The van der Waals surface area contributed by atoms with Gasteiger partial charge in [-0.3, -0.25) is 0 Å². The van der Waals surface area contributed by atoms with Crippen LogP contribution in [0.5, 0.6) is 0 Å². The van der Waals surface area contributed by atoms with Crippen molar-refractivity contribution in [2.45, 2.75) is 20.0 Å². The van der Waals surface area contributed by atoms with Gasteiger partial charge in [0, 0.05) is 18.9 Å². The van der Waals surface area contributed by atoms with Crippen LogP contribution < -0.4 is 0 Å². The lowest BCUT2D eigenvalue weighted by atomic mass is 10.3. The van der Waals surface area contributed by atoms with Crippen LogP contribution in [0.15, 0.2) is 6.20 Å². The maximum Gasteiger partial charge on any atom is 0.158 e. The van der Waals surface area contributed by atoms with Gasteiger partial charge in [-0.2, -0.15) is 0 Å². The third-order valence-corrected chi connectivity index (χ3v) is 2.03. The predicted octanol–water partition coefficient (Wildman–Crippen LogP) is 2.15. The SMILES string of the molecule is CO[C@H](C)c1ncc(C)c(Cl)n1. The smallest absolute Gasteiger partial charge is 0.158 e. The van der Waals surface area contributed by atoms with Crippen LogP contribution in [0.4, 0.5) is 0 Å². The molecule has 0 radical (unpaired) electrons. The molecule has 3 nitrogen and oxygen atoms in total. The van der Waals surface area contributed by atoms with Crippen molar-refractivity contribution < 1.29 is 4.74 Å². The van der Waals surface area contributed by atoms with Crippen LogP contribution in [-0.2, 0) is 4.74 Å². The molecule has 0 bridgehead atoms. The Kier molecular flexibility index (Phi) is 3.00. The van der Waals surface area contributed by atoms with Crippen molar-refractivity contribution in [3.05, 3.63) is 22.7 Å². The maximum atomic E-state index is 5.81. The van der Waals surface area contributed by atoms with Gasteiger partial charge in [0.1, 0.15) is 11.3 Å². The van der Waals surface area contributed by atoms with Crippen LogP contribution in [0.1, 0.15) is 24.4 Å². The monoisotopic (exact) mass is 186 g/mol. The van der Waals surface area contributed by atoms with E-state index in [9.17, 15) is 0 Å². The molecule has 0 aromatic carbocycles. The lowest BCUT2D eigenvalue weighted by Crippen LogP contribution is -2.03. The van der Waals surface area contributed by atoms with E-state index in [0.717, 1.165) is 5.56 Å². The summed E-state index contributed by atoms with van der Waals surface area (Å²) in [5, 5.41) is 0.490. The van der Waals surface area contributed by atoms with Crippen molar-refractivity contribution in [3.8, 4) is 0 Å². The molecule has 1 rings (SSSR count). The number of ether oxygens (including phenoxy) is 1. The first-order chi connectivity index (χ1) is 5.65. The molecule has 12 heavy (non-hydrogen) atoms. The molecular formula is C8H11ClN2O. The molecule has 0 saturated carbocycles. The van der Waals surface area contributed by atoms with E-state index >= 15 is 0 Å². The van der Waals surface area contributed by atoms with E-state index in [1.807, 2.05) is 13.8 Å². The summed E-state index contributed by atoms with van der Waals surface area (Å²) in [5.41, 5.74) is 0.878. The second-order valence-corrected chi connectivity index (χ2v) is 2.94. The van der Waals surface area contributed by atoms with Crippen molar-refractivity contribution in [1.82, 2.24) is 9.97 Å². The zero-order valence-electron chi connectivity index (χ0n) is 7.34. The van der Waals surface area contributed by atoms with E-state index in [1.54, 1.807) is 13.3 Å². The molecule has 1 aromatic heterocycles. The van der Waals surface area contributed by atoms with Gasteiger partial charge in [-0.1, -0.05) is 11.6 Å². The fourth-order valence-electron chi connectivity index (χ4n) is 0.735. The van der Waals surface area contributed by atoms with Crippen molar-refractivity contribution in [1.29, 1.82) is 0 Å². The Morgan fingerprint density at radius 1 is 1.58 bits per heavy atom. The number of halogens is 1. The fourth-order valence-corrected chi connectivity index (χ4v) is 0.871. The number of nitrogens with zero attached hydrogens (tertiary/aromatic N) is 2. The first-order valence-electron chi connectivity index (χ1n) is 3.67. The number of rotatable bonds is 2. The zero-order valence-corrected chi connectivity index (χ0v) is 8.09. The summed E-state index contributed by atoms with van der Waals surface area (Å²) in [5.74, 6) is 0.619. The summed E-state index contributed by atoms with van der Waals surface area (Å²) in [6.07, 6.45) is 1.59. The Morgan fingerprint density at radius 3 is 2.75 bits per heavy atom. The molecule has 1 heterocycles. The molecule has 0 aliphatic heterocycles. The van der Waals surface area contributed by atoms with Gasteiger partial charge in [0.05, 0.1) is 0 Å². The molecule has 0 aliphatic carbocycles. The lowest BCUT2D eigenvalue weighted by molar-refractivity contribution is 0.112. The second kappa shape index (κ2) is 3.83. The molecule has 1 atom stereocenters. The molecule has 4 heteroatoms. The van der Waals surface area contributed by atoms with Gasteiger partial charge in [-0.15, -0.1) is 0 Å². The Labute approximate surface area is 76.7 Å². The number of hydrogen-bond donors (Lipinski definition) is 0. The van der Waals surface area contributed by atoms with Crippen LogP contribution in [0.25, 0.3) is 0 Å². The third-order valence-electron chi connectivity index (χ3n) is 1.65. The van der Waals surface area contributed by atoms with Gasteiger partial charge >= 0.3 is 0 Å². The van der Waals surface area contributed by atoms with Crippen LogP contribution in [-0.4, -0.2) is 17.1 Å². The Hall–Kier alpha value is -0.670. The first-order valence-corrected chi connectivity index (χ1v) is 4.04. The minimum atomic E-state index is -0.108. The summed E-state index contributed by atoms with van der Waals surface area (Å²) < 4.78 is 5.05. The number of aryl methyl sites for hydroxylation is 1. The highest BCUT2D eigenvalue weighted by Gasteiger charge is 2.08. The van der Waals surface area contributed by atoms with E-state index in [0.29, 0.717) is 11.0 Å². The van der Waals surface area contributed by atoms with Gasteiger partial charge in [0.2, 0.25) is 0 Å². The summed E-state index contributed by atoms with van der Waals surface area (Å²) in [7, 11) is 1.61. The fraction of sp³-hybridized carbons (Fsp3) is 0.500. The zero-order chi connectivity index (χ0) is 9.14. The quantitative estimate of drug-likeness (QED) is 0.664. The standard InChI is InChI=1S/C8H11ClN2O/c1-5-4-10-8(6(2)12-3)11-7(5)9/h4,6H,1-3H3/t6-/m1/s1. The van der Waals surface area contributed by atoms with Crippen LogP contribution in [0, 0.1) is 6.92 Å². The minimum absolute atomic E-state index is 0.108. The van der Waals surface area contributed by atoms with Crippen LogP contribution in [0.2, 0.25) is 5.15 Å². The lowest BCUT2D eigenvalue weighted by Gasteiger charge is -2.07. The highest BCUT2D eigenvalue weighted by molar-refractivity contribution is 6.30. The van der Waals surface area contributed by atoms with Gasteiger partial charge < -0.3 is 4.74 Å². The third kappa shape index (κ3) is 1.93. The molecule has 0 N–H and O–H groups in total. The molecule has 0 spiro atoms. The van der Waals surface area contributed by atoms with Crippen LogP contribution >= 0.6 is 11.6 Å². The summed E-state index contributed by atoms with van der Waals surface area (Å²) >= 11 is 5.81. The van der Waals surface area contributed by atoms with Crippen molar-refractivity contribution in [2.24, 2.45) is 0 Å². The van der Waals surface area contributed by atoms with Gasteiger partial charge in [0.15, 0.2) is 5.82 Å². The van der Waals surface area contributed by atoms with E-state index < -0.39 is 0 Å². The van der Waals surface area contributed by atoms with E-state index in [2.05, 4.69) is 9.97 Å². The first kappa shape index (κ1) is 9.42. The Morgan fingerprint density at radius 2 is 2.25 bits per heavy atom. The number of methoxy groups -OCH3 is 1. The van der Waals surface area contributed by atoms with Crippen molar-refractivity contribution >= 4 is 11.6 Å². The van der Waals surface area contributed by atoms with E-state index in [4.69, 9.17) is 16.3 Å². The van der Waals surface area contributed by atoms with Gasteiger partial charge in [-0.25, -0.2) is 9.97 Å². The number of hydrogen-bond acceptors (Lipinski definition) is 3. The summed E-state index contributed by atoms with van der Waals surface area (Å²) in [6, 6.07) is 0. The number of aromatic nitrogens is 2. The highest BCUT2D eigenvalue weighted by Crippen LogP contribution is 2.15. The molecule has 0 amide bonds. The van der Waals surface area contributed by atoms with Crippen LogP contribution in [0.3, 0.4) is 0 Å². The molecule has 0 saturated heterocycles. The molecule has 1 aromatic rings. The van der Waals surface area contributed by atoms with E-state index in [-0.39, 0.29) is 6.10 Å². The van der Waals surface area contributed by atoms with Gasteiger partial charge in [-0.05, 0) is 13.8 Å². The molecule has 0 aliphatic rings. The highest BCUT2D eigenvalue weighted by atomic mass is 35.5. The molecule has 0 unspecified atom stereocenters. The molecule has 66 valence electrons. The minimum Gasteiger partial charge on any atom is -0.374 e. The average Bonchev–Trinajstić information content (AvgIpc) is 2.08. The topological polar surface area (TPSA) is 35.0 Å². The average molecular weight is 187 g/mol.